The van der Waals surface area contributed by atoms with Gasteiger partial charge in [-0.05, 0) is 14.0 Å². The molecule has 1 saturated heterocycles. The van der Waals surface area contributed by atoms with Gasteiger partial charge in [0.25, 0.3) is 0 Å². The molecule has 0 aromatic rings. The largest absolute Gasteiger partial charge is 0.304 e. The number of rotatable bonds is 3. The van der Waals surface area contributed by atoms with E-state index >= 15 is 0 Å². The minimum atomic E-state index is 0.649. The van der Waals surface area contributed by atoms with Gasteiger partial charge in [0.15, 0.2) is 0 Å². The van der Waals surface area contributed by atoms with E-state index in [2.05, 4.69) is 43.0 Å². The van der Waals surface area contributed by atoms with E-state index in [1.807, 2.05) is 0 Å². The SMILES string of the molecule is C=C(CS)CN1CCN(C)CC1C. The zero-order valence-corrected chi connectivity index (χ0v) is 9.56. The highest BCUT2D eigenvalue weighted by molar-refractivity contribution is 7.80. The van der Waals surface area contributed by atoms with Gasteiger partial charge < -0.3 is 4.90 Å². The fourth-order valence-electron chi connectivity index (χ4n) is 1.75. The summed E-state index contributed by atoms with van der Waals surface area (Å²) in [5, 5.41) is 0. The summed E-state index contributed by atoms with van der Waals surface area (Å²) in [4.78, 5) is 4.86. The van der Waals surface area contributed by atoms with Gasteiger partial charge in [-0.2, -0.15) is 12.6 Å². The molecule has 1 atom stereocenters. The van der Waals surface area contributed by atoms with E-state index in [-0.39, 0.29) is 0 Å². The number of piperazine rings is 1. The molecule has 1 aliphatic rings. The van der Waals surface area contributed by atoms with Crippen molar-refractivity contribution in [2.24, 2.45) is 0 Å². The summed E-state index contributed by atoms with van der Waals surface area (Å²) in [5.41, 5.74) is 1.22. The first-order valence-electron chi connectivity index (χ1n) is 4.83. The highest BCUT2D eigenvalue weighted by Crippen LogP contribution is 2.09. The fourth-order valence-corrected chi connectivity index (χ4v) is 1.85. The molecule has 1 rings (SSSR count). The van der Waals surface area contributed by atoms with Gasteiger partial charge in [0.1, 0.15) is 0 Å². The van der Waals surface area contributed by atoms with Crippen molar-refractivity contribution in [3.63, 3.8) is 0 Å². The van der Waals surface area contributed by atoms with Crippen LogP contribution >= 0.6 is 12.6 Å². The van der Waals surface area contributed by atoms with E-state index in [9.17, 15) is 0 Å². The first-order chi connectivity index (χ1) is 6.13. The molecule has 1 heterocycles. The van der Waals surface area contributed by atoms with Crippen molar-refractivity contribution >= 4 is 12.6 Å². The molecule has 13 heavy (non-hydrogen) atoms. The van der Waals surface area contributed by atoms with Crippen molar-refractivity contribution in [2.75, 3.05) is 39.0 Å². The lowest BCUT2D eigenvalue weighted by Crippen LogP contribution is -2.50. The predicted octanol–water partition coefficient (Wildman–Crippen LogP) is 1.11. The molecule has 0 saturated carbocycles. The van der Waals surface area contributed by atoms with Crippen molar-refractivity contribution in [1.82, 2.24) is 9.80 Å². The van der Waals surface area contributed by atoms with Crippen LogP contribution in [0.4, 0.5) is 0 Å². The smallest absolute Gasteiger partial charge is 0.0202 e. The number of thiol groups is 1. The molecule has 0 amide bonds. The molecule has 0 aromatic heterocycles. The van der Waals surface area contributed by atoms with Crippen molar-refractivity contribution in [3.8, 4) is 0 Å². The summed E-state index contributed by atoms with van der Waals surface area (Å²) in [6.45, 7) is 10.8. The monoisotopic (exact) mass is 200 g/mol. The lowest BCUT2D eigenvalue weighted by molar-refractivity contribution is 0.109. The van der Waals surface area contributed by atoms with E-state index in [1.165, 1.54) is 18.7 Å². The Morgan fingerprint density at radius 2 is 2.23 bits per heavy atom. The van der Waals surface area contributed by atoms with E-state index in [0.717, 1.165) is 18.8 Å². The Morgan fingerprint density at radius 3 is 2.77 bits per heavy atom. The van der Waals surface area contributed by atoms with Crippen LogP contribution in [0.3, 0.4) is 0 Å². The maximum atomic E-state index is 4.23. The first kappa shape index (κ1) is 11.1. The molecule has 0 bridgehead atoms. The van der Waals surface area contributed by atoms with Gasteiger partial charge in [0, 0.05) is 38.0 Å². The molecule has 0 N–H and O–H groups in total. The summed E-state index contributed by atoms with van der Waals surface area (Å²) in [6.07, 6.45) is 0. The van der Waals surface area contributed by atoms with Gasteiger partial charge in [0.05, 0.1) is 0 Å². The van der Waals surface area contributed by atoms with Crippen LogP contribution in [0.25, 0.3) is 0 Å². The molecule has 0 spiro atoms. The Kier molecular flexibility index (Phi) is 4.29. The number of likely N-dealkylation sites (N-methyl/N-ethyl adjacent to an activating group) is 1. The second kappa shape index (κ2) is 5.03. The zero-order chi connectivity index (χ0) is 9.84. The van der Waals surface area contributed by atoms with E-state index in [4.69, 9.17) is 0 Å². The maximum absolute atomic E-state index is 4.23. The van der Waals surface area contributed by atoms with Gasteiger partial charge in [-0.3, -0.25) is 4.90 Å². The number of nitrogens with zero attached hydrogens (tertiary/aromatic N) is 2. The van der Waals surface area contributed by atoms with E-state index in [0.29, 0.717) is 6.04 Å². The van der Waals surface area contributed by atoms with Crippen LogP contribution in [-0.2, 0) is 0 Å². The average molecular weight is 200 g/mol. The Labute approximate surface area is 87.0 Å². The number of hydrogen-bond donors (Lipinski definition) is 1. The molecule has 76 valence electrons. The average Bonchev–Trinajstić information content (AvgIpc) is 2.09. The summed E-state index contributed by atoms with van der Waals surface area (Å²) < 4.78 is 0. The van der Waals surface area contributed by atoms with Gasteiger partial charge in [-0.25, -0.2) is 0 Å². The summed E-state index contributed by atoms with van der Waals surface area (Å²) in [7, 11) is 2.18. The van der Waals surface area contributed by atoms with Crippen LogP contribution in [0.2, 0.25) is 0 Å². The third-order valence-electron chi connectivity index (χ3n) is 2.62. The quantitative estimate of drug-likeness (QED) is 0.538. The van der Waals surface area contributed by atoms with Crippen molar-refractivity contribution < 1.29 is 0 Å². The molecule has 0 radical (unpaired) electrons. The Morgan fingerprint density at radius 1 is 1.54 bits per heavy atom. The zero-order valence-electron chi connectivity index (χ0n) is 8.66. The molecule has 0 aliphatic carbocycles. The standard InChI is InChI=1S/C10H20N2S/c1-9(8-13)6-12-5-4-11(3)7-10(12)2/h10,13H,1,4-8H2,2-3H3. The lowest BCUT2D eigenvalue weighted by atomic mass is 10.2. The van der Waals surface area contributed by atoms with Gasteiger partial charge in [-0.15, -0.1) is 0 Å². The van der Waals surface area contributed by atoms with Crippen LogP contribution in [0, 0.1) is 0 Å². The van der Waals surface area contributed by atoms with Crippen LogP contribution in [0.15, 0.2) is 12.2 Å². The van der Waals surface area contributed by atoms with Crippen LogP contribution < -0.4 is 0 Å². The van der Waals surface area contributed by atoms with Gasteiger partial charge in [-0.1, -0.05) is 12.2 Å². The second-order valence-electron chi connectivity index (χ2n) is 3.99. The van der Waals surface area contributed by atoms with Crippen LogP contribution in [0.5, 0.6) is 0 Å². The predicted molar refractivity (Wildman–Crippen MR) is 61.5 cm³/mol. The third-order valence-corrected chi connectivity index (χ3v) is 3.07. The van der Waals surface area contributed by atoms with Crippen molar-refractivity contribution in [3.05, 3.63) is 12.2 Å². The second-order valence-corrected chi connectivity index (χ2v) is 4.31. The molecule has 3 heteroatoms. The molecular formula is C10H20N2S. The minimum Gasteiger partial charge on any atom is -0.304 e. The molecule has 2 nitrogen and oxygen atoms in total. The summed E-state index contributed by atoms with van der Waals surface area (Å²) in [6, 6.07) is 0.649. The van der Waals surface area contributed by atoms with Crippen molar-refractivity contribution in [2.45, 2.75) is 13.0 Å². The van der Waals surface area contributed by atoms with Gasteiger partial charge in [0.2, 0.25) is 0 Å². The van der Waals surface area contributed by atoms with E-state index in [1.54, 1.807) is 0 Å². The minimum absolute atomic E-state index is 0.649. The molecule has 0 aromatic carbocycles. The van der Waals surface area contributed by atoms with Crippen LogP contribution in [-0.4, -0.2) is 54.8 Å². The van der Waals surface area contributed by atoms with Crippen molar-refractivity contribution in [1.29, 1.82) is 0 Å². The third kappa shape index (κ3) is 3.33. The molecule has 1 fully saturated rings. The first-order valence-corrected chi connectivity index (χ1v) is 5.47. The lowest BCUT2D eigenvalue weighted by Gasteiger charge is -2.38. The molecule has 1 aliphatic heterocycles. The summed E-state index contributed by atoms with van der Waals surface area (Å²) in [5.74, 6) is 0.805. The topological polar surface area (TPSA) is 6.48 Å². The Bertz CT molecular complexity index is 182. The Balaban J connectivity index is 2.38. The molecular weight excluding hydrogens is 180 g/mol. The van der Waals surface area contributed by atoms with E-state index < -0.39 is 0 Å². The van der Waals surface area contributed by atoms with Crippen LogP contribution in [0.1, 0.15) is 6.92 Å². The maximum Gasteiger partial charge on any atom is 0.0202 e. The highest BCUT2D eigenvalue weighted by Gasteiger charge is 2.20. The van der Waals surface area contributed by atoms with Gasteiger partial charge >= 0.3 is 0 Å². The fraction of sp³-hybridized carbons (Fsp3) is 0.800. The highest BCUT2D eigenvalue weighted by atomic mass is 32.1. The number of hydrogen-bond acceptors (Lipinski definition) is 3. The normalized spacial score (nSPS) is 26.2. The Hall–Kier alpha value is 0.01000. The molecule has 1 unspecified atom stereocenters. The summed E-state index contributed by atoms with van der Waals surface area (Å²) >= 11 is 4.23.